The molecule has 2 aromatic rings. The maximum Gasteiger partial charge on any atom is 0.192 e. The predicted octanol–water partition coefficient (Wildman–Crippen LogP) is 3.09. The van der Waals surface area contributed by atoms with E-state index in [4.69, 9.17) is 23.7 Å². The van der Waals surface area contributed by atoms with Gasteiger partial charge in [0.2, 0.25) is 0 Å². The first kappa shape index (κ1) is 15.0. The Balaban J connectivity index is 1.64. The number of methoxy groups -OCH3 is 2. The molecule has 0 atom stereocenters. The van der Waals surface area contributed by atoms with Crippen molar-refractivity contribution < 1.29 is 23.7 Å². The third-order valence-corrected chi connectivity index (χ3v) is 2.74. The van der Waals surface area contributed by atoms with Crippen molar-refractivity contribution in [3.8, 4) is 23.0 Å². The summed E-state index contributed by atoms with van der Waals surface area (Å²) in [5, 5.41) is 0. The third-order valence-electron chi connectivity index (χ3n) is 2.74. The van der Waals surface area contributed by atoms with Crippen LogP contribution in [0.5, 0.6) is 23.0 Å². The van der Waals surface area contributed by atoms with Gasteiger partial charge in [-0.05, 0) is 48.5 Å². The monoisotopic (exact) mass is 290 g/mol. The summed E-state index contributed by atoms with van der Waals surface area (Å²) in [6.07, 6.45) is 0. The van der Waals surface area contributed by atoms with Crippen LogP contribution in [0.25, 0.3) is 0 Å². The minimum atomic E-state index is 0.114. The molecule has 0 aliphatic carbocycles. The van der Waals surface area contributed by atoms with Gasteiger partial charge in [-0.15, -0.1) is 0 Å². The van der Waals surface area contributed by atoms with Crippen LogP contribution in [0.4, 0.5) is 0 Å². The molecule has 0 amide bonds. The highest BCUT2D eigenvalue weighted by Gasteiger charge is 1.97. The van der Waals surface area contributed by atoms with Gasteiger partial charge in [-0.3, -0.25) is 0 Å². The zero-order valence-electron chi connectivity index (χ0n) is 12.1. The fourth-order valence-electron chi connectivity index (χ4n) is 1.60. The van der Waals surface area contributed by atoms with Crippen LogP contribution in [-0.2, 0) is 4.74 Å². The second-order valence-electron chi connectivity index (χ2n) is 4.08. The van der Waals surface area contributed by atoms with Crippen LogP contribution in [0.2, 0.25) is 0 Å². The Labute approximate surface area is 124 Å². The first-order chi connectivity index (χ1) is 10.3. The molecular formula is C16H18O5. The first-order valence-corrected chi connectivity index (χ1v) is 6.43. The highest BCUT2D eigenvalue weighted by molar-refractivity contribution is 5.31. The van der Waals surface area contributed by atoms with Gasteiger partial charge in [0.25, 0.3) is 0 Å². The van der Waals surface area contributed by atoms with E-state index in [9.17, 15) is 0 Å². The van der Waals surface area contributed by atoms with Gasteiger partial charge < -0.3 is 23.7 Å². The number of ether oxygens (including phenoxy) is 5. The second-order valence-corrected chi connectivity index (χ2v) is 4.08. The predicted molar refractivity (Wildman–Crippen MR) is 78.1 cm³/mol. The summed E-state index contributed by atoms with van der Waals surface area (Å²) in [6.45, 7) is 0.227. The summed E-state index contributed by atoms with van der Waals surface area (Å²) in [6, 6.07) is 14.5. The molecule has 0 bridgehead atoms. The minimum absolute atomic E-state index is 0.114. The molecule has 0 aliphatic rings. The van der Waals surface area contributed by atoms with E-state index in [1.165, 1.54) is 0 Å². The molecule has 21 heavy (non-hydrogen) atoms. The van der Waals surface area contributed by atoms with Gasteiger partial charge in [-0.1, -0.05) is 0 Å². The van der Waals surface area contributed by atoms with Crippen molar-refractivity contribution in [1.29, 1.82) is 0 Å². The lowest BCUT2D eigenvalue weighted by atomic mass is 10.3. The average Bonchev–Trinajstić information content (AvgIpc) is 2.55. The number of hydrogen-bond donors (Lipinski definition) is 0. The molecule has 0 saturated carbocycles. The molecule has 5 nitrogen and oxygen atoms in total. The van der Waals surface area contributed by atoms with Crippen LogP contribution in [0, 0.1) is 0 Å². The lowest BCUT2D eigenvalue weighted by molar-refractivity contribution is -0.0537. The van der Waals surface area contributed by atoms with Crippen LogP contribution < -0.4 is 18.9 Å². The van der Waals surface area contributed by atoms with Crippen LogP contribution >= 0.6 is 0 Å². The normalized spacial score (nSPS) is 10.0. The molecule has 0 N–H and O–H groups in total. The number of rotatable bonds is 8. The molecule has 0 saturated heterocycles. The van der Waals surface area contributed by atoms with E-state index in [2.05, 4.69) is 0 Å². The van der Waals surface area contributed by atoms with Crippen molar-refractivity contribution in [1.82, 2.24) is 0 Å². The highest BCUT2D eigenvalue weighted by Crippen LogP contribution is 2.18. The van der Waals surface area contributed by atoms with Crippen LogP contribution in [-0.4, -0.2) is 27.8 Å². The molecule has 0 spiro atoms. The van der Waals surface area contributed by atoms with Crippen molar-refractivity contribution in [3.63, 3.8) is 0 Å². The fraction of sp³-hybridized carbons (Fsp3) is 0.250. The summed E-state index contributed by atoms with van der Waals surface area (Å²) >= 11 is 0. The Morgan fingerprint density at radius 2 is 0.905 bits per heavy atom. The summed E-state index contributed by atoms with van der Waals surface area (Å²) in [5.41, 5.74) is 0. The topological polar surface area (TPSA) is 46.2 Å². The molecule has 0 radical (unpaired) electrons. The van der Waals surface area contributed by atoms with Gasteiger partial charge in [0.1, 0.15) is 23.0 Å². The summed E-state index contributed by atoms with van der Waals surface area (Å²) < 4.78 is 26.2. The number of benzene rings is 2. The summed E-state index contributed by atoms with van der Waals surface area (Å²) in [4.78, 5) is 0. The zero-order valence-corrected chi connectivity index (χ0v) is 12.1. The van der Waals surface area contributed by atoms with Crippen LogP contribution in [0.3, 0.4) is 0 Å². The quantitative estimate of drug-likeness (QED) is 0.552. The SMILES string of the molecule is COc1ccc(OCOCOc2ccc(OC)cc2)cc1. The summed E-state index contributed by atoms with van der Waals surface area (Å²) in [7, 11) is 3.24. The molecule has 0 unspecified atom stereocenters. The molecule has 2 rings (SSSR count). The summed E-state index contributed by atoms with van der Waals surface area (Å²) in [5.74, 6) is 2.98. The Morgan fingerprint density at radius 3 is 1.24 bits per heavy atom. The standard InChI is InChI=1S/C16H18O5/c1-17-13-3-7-15(8-4-13)20-11-19-12-21-16-9-5-14(18-2)6-10-16/h3-10H,11-12H2,1-2H3. The van der Waals surface area contributed by atoms with Gasteiger partial charge in [0, 0.05) is 0 Å². The molecule has 5 heteroatoms. The van der Waals surface area contributed by atoms with E-state index in [1.54, 1.807) is 14.2 Å². The van der Waals surface area contributed by atoms with Gasteiger partial charge >= 0.3 is 0 Å². The van der Waals surface area contributed by atoms with Gasteiger partial charge in [-0.25, -0.2) is 0 Å². The maximum atomic E-state index is 5.40. The van der Waals surface area contributed by atoms with Crippen molar-refractivity contribution in [2.45, 2.75) is 0 Å². The minimum Gasteiger partial charge on any atom is -0.497 e. The fourth-order valence-corrected chi connectivity index (χ4v) is 1.60. The van der Waals surface area contributed by atoms with E-state index >= 15 is 0 Å². The Morgan fingerprint density at radius 1 is 0.571 bits per heavy atom. The molecule has 2 aromatic carbocycles. The maximum absolute atomic E-state index is 5.40. The lowest BCUT2D eigenvalue weighted by Crippen LogP contribution is -2.08. The molecule has 0 aromatic heterocycles. The third kappa shape index (κ3) is 4.89. The lowest BCUT2D eigenvalue weighted by Gasteiger charge is -2.09. The van der Waals surface area contributed by atoms with Gasteiger partial charge in [0.05, 0.1) is 14.2 Å². The van der Waals surface area contributed by atoms with Crippen molar-refractivity contribution >= 4 is 0 Å². The molecule has 0 fully saturated rings. The van der Waals surface area contributed by atoms with E-state index in [0.29, 0.717) is 11.5 Å². The van der Waals surface area contributed by atoms with Crippen molar-refractivity contribution in [2.24, 2.45) is 0 Å². The largest absolute Gasteiger partial charge is 0.497 e. The van der Waals surface area contributed by atoms with Crippen LogP contribution in [0.1, 0.15) is 0 Å². The smallest absolute Gasteiger partial charge is 0.192 e. The molecule has 0 aliphatic heterocycles. The van der Waals surface area contributed by atoms with Gasteiger partial charge in [-0.2, -0.15) is 0 Å². The van der Waals surface area contributed by atoms with Crippen molar-refractivity contribution in [2.75, 3.05) is 27.8 Å². The molecule has 0 heterocycles. The molecule has 112 valence electrons. The first-order valence-electron chi connectivity index (χ1n) is 6.43. The Hall–Kier alpha value is -2.40. The average molecular weight is 290 g/mol. The number of hydrogen-bond acceptors (Lipinski definition) is 5. The zero-order chi connectivity index (χ0) is 14.9. The van der Waals surface area contributed by atoms with E-state index < -0.39 is 0 Å². The van der Waals surface area contributed by atoms with Crippen molar-refractivity contribution in [3.05, 3.63) is 48.5 Å². The highest BCUT2D eigenvalue weighted by atomic mass is 16.7. The second kappa shape index (κ2) is 8.01. The Bertz CT molecular complexity index is 472. The van der Waals surface area contributed by atoms with Crippen LogP contribution in [0.15, 0.2) is 48.5 Å². The Kier molecular flexibility index (Phi) is 5.72. The van der Waals surface area contributed by atoms with Gasteiger partial charge in [0.15, 0.2) is 13.6 Å². The van der Waals surface area contributed by atoms with E-state index in [0.717, 1.165) is 11.5 Å². The molecular weight excluding hydrogens is 272 g/mol. The van der Waals surface area contributed by atoms with E-state index in [1.807, 2.05) is 48.5 Å². The van der Waals surface area contributed by atoms with E-state index in [-0.39, 0.29) is 13.6 Å².